The van der Waals surface area contributed by atoms with Crippen molar-refractivity contribution in [1.82, 2.24) is 14.7 Å². The van der Waals surface area contributed by atoms with Crippen LogP contribution in [-0.2, 0) is 9.53 Å². The minimum Gasteiger partial charge on any atom is -0.464 e. The van der Waals surface area contributed by atoms with Crippen molar-refractivity contribution in [2.75, 3.05) is 6.61 Å². The molecular weight excluding hydrogens is 406 g/mol. The topological polar surface area (TPSA) is 82.3 Å². The van der Waals surface area contributed by atoms with Gasteiger partial charge in [0.1, 0.15) is 6.04 Å². The van der Waals surface area contributed by atoms with Gasteiger partial charge in [0.05, 0.1) is 29.2 Å². The summed E-state index contributed by atoms with van der Waals surface area (Å²) in [6, 6.07) is 14.3. The van der Waals surface area contributed by atoms with Gasteiger partial charge in [-0.25, -0.2) is 9.48 Å². The second-order valence-corrected chi connectivity index (χ2v) is 8.27. The molecule has 2 aromatic carbocycles. The Morgan fingerprint density at radius 3 is 2.50 bits per heavy atom. The molecule has 0 aliphatic heterocycles. The maximum atomic E-state index is 13.5. The highest BCUT2D eigenvalue weighted by atomic mass is 16.5. The Kier molecular flexibility index (Phi) is 6.44. The lowest BCUT2D eigenvalue weighted by Gasteiger charge is -2.26. The van der Waals surface area contributed by atoms with Gasteiger partial charge in [0.2, 0.25) is 0 Å². The fourth-order valence-corrected chi connectivity index (χ4v) is 4.47. The first-order valence-electron chi connectivity index (χ1n) is 11.3. The number of carbonyl (C=O) groups is 2. The predicted molar refractivity (Wildman–Crippen MR) is 123 cm³/mol. The number of esters is 1. The van der Waals surface area contributed by atoms with Crippen LogP contribution in [-0.4, -0.2) is 33.9 Å². The average molecular weight is 436 g/mol. The summed E-state index contributed by atoms with van der Waals surface area (Å²) in [6.07, 6.45) is 5.54. The standard InChI is InChI=1S/C25H29N3O4/c1-3-32-25(31)17(2)26-23(29)18-14-15-22-21(16-18)24(30)28(20-12-8-5-9-13-20)27(22)19-10-6-4-7-11-19/h5,8-9,12-17,19H,3-4,6-7,10-11H2,1-2H3,(H,26,29)/t17-/m0/s1. The smallest absolute Gasteiger partial charge is 0.328 e. The van der Waals surface area contributed by atoms with Gasteiger partial charge in [0.15, 0.2) is 0 Å². The first kappa shape index (κ1) is 21.9. The van der Waals surface area contributed by atoms with E-state index in [1.807, 2.05) is 36.4 Å². The van der Waals surface area contributed by atoms with Gasteiger partial charge < -0.3 is 10.1 Å². The van der Waals surface area contributed by atoms with Gasteiger partial charge in [-0.05, 0) is 57.0 Å². The monoisotopic (exact) mass is 435 g/mol. The third-order valence-corrected chi connectivity index (χ3v) is 6.05. The summed E-state index contributed by atoms with van der Waals surface area (Å²) in [5, 5.41) is 3.15. The lowest BCUT2D eigenvalue weighted by atomic mass is 9.95. The molecule has 1 amide bonds. The number of hydrogen-bond acceptors (Lipinski definition) is 4. The van der Waals surface area contributed by atoms with Crippen molar-refractivity contribution in [3.05, 3.63) is 64.4 Å². The molecule has 32 heavy (non-hydrogen) atoms. The van der Waals surface area contributed by atoms with Crippen LogP contribution < -0.4 is 10.9 Å². The molecule has 1 fully saturated rings. The fraction of sp³-hybridized carbons (Fsp3) is 0.400. The Labute approximate surface area is 187 Å². The highest BCUT2D eigenvalue weighted by Crippen LogP contribution is 2.31. The second kappa shape index (κ2) is 9.42. The lowest BCUT2D eigenvalue weighted by Crippen LogP contribution is -2.39. The van der Waals surface area contributed by atoms with Gasteiger partial charge in [-0.3, -0.25) is 14.3 Å². The third-order valence-electron chi connectivity index (χ3n) is 6.05. The Hall–Kier alpha value is -3.35. The molecule has 1 N–H and O–H groups in total. The molecule has 7 heteroatoms. The van der Waals surface area contributed by atoms with E-state index in [9.17, 15) is 14.4 Å². The second-order valence-electron chi connectivity index (χ2n) is 8.27. The Morgan fingerprint density at radius 2 is 1.81 bits per heavy atom. The van der Waals surface area contributed by atoms with Crippen LogP contribution in [0.2, 0.25) is 0 Å². The van der Waals surface area contributed by atoms with Gasteiger partial charge in [0.25, 0.3) is 11.5 Å². The molecule has 1 saturated carbocycles. The normalized spacial score (nSPS) is 15.4. The molecule has 1 aromatic heterocycles. The SMILES string of the molecule is CCOC(=O)[C@H](C)NC(=O)c1ccc2c(c1)c(=O)n(-c1ccccc1)n2C1CCCCC1. The Morgan fingerprint density at radius 1 is 1.09 bits per heavy atom. The van der Waals surface area contributed by atoms with Crippen molar-refractivity contribution < 1.29 is 14.3 Å². The molecular formula is C25H29N3O4. The van der Waals surface area contributed by atoms with E-state index in [2.05, 4.69) is 10.00 Å². The molecule has 1 heterocycles. The minimum absolute atomic E-state index is 0.148. The van der Waals surface area contributed by atoms with Crippen molar-refractivity contribution in [3.8, 4) is 5.69 Å². The molecule has 1 atom stereocenters. The Bertz CT molecular complexity index is 1170. The van der Waals surface area contributed by atoms with E-state index in [1.165, 1.54) is 6.42 Å². The van der Waals surface area contributed by atoms with Crippen LogP contribution in [0, 0.1) is 0 Å². The highest BCUT2D eigenvalue weighted by Gasteiger charge is 2.24. The number of ether oxygens (including phenoxy) is 1. The van der Waals surface area contributed by atoms with E-state index in [4.69, 9.17) is 4.74 Å². The summed E-state index contributed by atoms with van der Waals surface area (Å²) >= 11 is 0. The van der Waals surface area contributed by atoms with E-state index >= 15 is 0 Å². The number of amides is 1. The third kappa shape index (κ3) is 4.20. The molecule has 0 radical (unpaired) electrons. The number of hydrogen-bond donors (Lipinski definition) is 1. The lowest BCUT2D eigenvalue weighted by molar-refractivity contribution is -0.144. The van der Waals surface area contributed by atoms with Crippen molar-refractivity contribution in [1.29, 1.82) is 0 Å². The summed E-state index contributed by atoms with van der Waals surface area (Å²) < 4.78 is 8.80. The van der Waals surface area contributed by atoms with Crippen LogP contribution in [0.25, 0.3) is 16.6 Å². The highest BCUT2D eigenvalue weighted by molar-refractivity contribution is 5.99. The van der Waals surface area contributed by atoms with Gasteiger partial charge >= 0.3 is 5.97 Å². The van der Waals surface area contributed by atoms with Gasteiger partial charge in [-0.2, -0.15) is 0 Å². The molecule has 1 aliphatic rings. The number of nitrogens with one attached hydrogen (secondary N) is 1. The summed E-state index contributed by atoms with van der Waals surface area (Å²) in [7, 11) is 0. The largest absolute Gasteiger partial charge is 0.464 e. The molecule has 1 aliphatic carbocycles. The fourth-order valence-electron chi connectivity index (χ4n) is 4.47. The molecule has 7 nitrogen and oxygen atoms in total. The van der Waals surface area contributed by atoms with Crippen LogP contribution in [0.3, 0.4) is 0 Å². The van der Waals surface area contributed by atoms with Crippen molar-refractivity contribution in [2.45, 2.75) is 58.0 Å². The summed E-state index contributed by atoms with van der Waals surface area (Å²) in [5.74, 6) is -0.902. The van der Waals surface area contributed by atoms with E-state index in [0.29, 0.717) is 10.9 Å². The maximum absolute atomic E-state index is 13.5. The van der Waals surface area contributed by atoms with E-state index in [-0.39, 0.29) is 18.2 Å². The van der Waals surface area contributed by atoms with Crippen molar-refractivity contribution >= 4 is 22.8 Å². The molecule has 3 aromatic rings. The van der Waals surface area contributed by atoms with Crippen molar-refractivity contribution in [2.24, 2.45) is 0 Å². The number of nitrogens with zero attached hydrogens (tertiary/aromatic N) is 2. The van der Waals surface area contributed by atoms with E-state index in [1.54, 1.807) is 30.7 Å². The number of carbonyl (C=O) groups excluding carboxylic acids is 2. The molecule has 0 bridgehead atoms. The van der Waals surface area contributed by atoms with Gasteiger partial charge in [0, 0.05) is 5.56 Å². The van der Waals surface area contributed by atoms with Crippen LogP contribution in [0.5, 0.6) is 0 Å². The van der Waals surface area contributed by atoms with E-state index in [0.717, 1.165) is 36.9 Å². The zero-order valence-electron chi connectivity index (χ0n) is 18.5. The summed E-state index contributed by atoms with van der Waals surface area (Å²) in [5.41, 5.74) is 1.82. The summed E-state index contributed by atoms with van der Waals surface area (Å²) in [4.78, 5) is 38.1. The molecule has 0 spiro atoms. The predicted octanol–water partition coefficient (Wildman–Crippen LogP) is 3.98. The zero-order valence-corrected chi connectivity index (χ0v) is 18.5. The number of benzene rings is 2. The molecule has 0 saturated heterocycles. The van der Waals surface area contributed by atoms with E-state index < -0.39 is 17.9 Å². The number of para-hydroxylation sites is 1. The van der Waals surface area contributed by atoms with Crippen LogP contribution in [0.4, 0.5) is 0 Å². The van der Waals surface area contributed by atoms with Crippen LogP contribution >= 0.6 is 0 Å². The minimum atomic E-state index is -0.772. The molecule has 168 valence electrons. The number of aromatic nitrogens is 2. The quantitative estimate of drug-likeness (QED) is 0.594. The molecule has 4 rings (SSSR count). The first-order chi connectivity index (χ1) is 15.5. The number of fused-ring (bicyclic) bond motifs is 1. The van der Waals surface area contributed by atoms with Crippen molar-refractivity contribution in [3.63, 3.8) is 0 Å². The molecule has 0 unspecified atom stereocenters. The van der Waals surface area contributed by atoms with Gasteiger partial charge in [-0.1, -0.05) is 37.5 Å². The van der Waals surface area contributed by atoms with Crippen LogP contribution in [0.1, 0.15) is 62.4 Å². The Balaban J connectivity index is 1.77. The first-order valence-corrected chi connectivity index (χ1v) is 11.3. The maximum Gasteiger partial charge on any atom is 0.328 e. The van der Waals surface area contributed by atoms with Gasteiger partial charge in [-0.15, -0.1) is 0 Å². The zero-order chi connectivity index (χ0) is 22.7. The average Bonchev–Trinajstić information content (AvgIpc) is 3.12. The van der Waals surface area contributed by atoms with Crippen LogP contribution in [0.15, 0.2) is 53.3 Å². The summed E-state index contributed by atoms with van der Waals surface area (Å²) in [6.45, 7) is 3.55. The number of rotatable bonds is 6.